The van der Waals surface area contributed by atoms with Gasteiger partial charge in [-0.05, 0) is 18.1 Å². The van der Waals surface area contributed by atoms with E-state index >= 15 is 0 Å². The zero-order valence-corrected chi connectivity index (χ0v) is 13.1. The number of rotatable bonds is 4. The summed E-state index contributed by atoms with van der Waals surface area (Å²) in [6, 6.07) is 5.71. The van der Waals surface area contributed by atoms with Crippen LogP contribution in [-0.4, -0.2) is 44.1 Å². The van der Waals surface area contributed by atoms with Crippen molar-refractivity contribution in [3.05, 3.63) is 18.2 Å². The predicted molar refractivity (Wildman–Crippen MR) is 85.7 cm³/mol. The van der Waals surface area contributed by atoms with Gasteiger partial charge in [0.15, 0.2) is 0 Å². The summed E-state index contributed by atoms with van der Waals surface area (Å²) >= 11 is 0. The van der Waals surface area contributed by atoms with Crippen molar-refractivity contribution in [1.29, 1.82) is 0 Å². The van der Waals surface area contributed by atoms with Gasteiger partial charge in [-0.1, -0.05) is 13.8 Å². The third-order valence-corrected chi connectivity index (χ3v) is 3.76. The van der Waals surface area contributed by atoms with Crippen LogP contribution in [0.2, 0.25) is 0 Å². The lowest BCUT2D eigenvalue weighted by Crippen LogP contribution is -2.49. The Morgan fingerprint density at radius 3 is 2.52 bits per heavy atom. The first-order valence-corrected chi connectivity index (χ1v) is 7.47. The molecule has 21 heavy (non-hydrogen) atoms. The van der Waals surface area contributed by atoms with Gasteiger partial charge in [-0.15, -0.1) is 0 Å². The molecule has 1 saturated heterocycles. The van der Waals surface area contributed by atoms with Crippen molar-refractivity contribution >= 4 is 17.3 Å². The highest BCUT2D eigenvalue weighted by molar-refractivity contribution is 5.77. The van der Waals surface area contributed by atoms with Crippen LogP contribution in [0.4, 0.5) is 11.4 Å². The fourth-order valence-corrected chi connectivity index (χ4v) is 2.63. The van der Waals surface area contributed by atoms with E-state index in [-0.39, 0.29) is 5.91 Å². The van der Waals surface area contributed by atoms with E-state index in [1.54, 1.807) is 7.11 Å². The highest BCUT2D eigenvalue weighted by Gasteiger charge is 2.23. The van der Waals surface area contributed by atoms with Gasteiger partial charge in [-0.2, -0.15) is 0 Å². The van der Waals surface area contributed by atoms with Crippen LogP contribution in [0.3, 0.4) is 0 Å². The summed E-state index contributed by atoms with van der Waals surface area (Å²) in [5.41, 5.74) is 7.53. The minimum atomic E-state index is 0.258. The molecule has 0 aliphatic carbocycles. The van der Waals surface area contributed by atoms with Gasteiger partial charge < -0.3 is 20.3 Å². The Balaban J connectivity index is 1.99. The molecule has 1 aliphatic heterocycles. The number of anilines is 2. The van der Waals surface area contributed by atoms with E-state index in [2.05, 4.69) is 18.7 Å². The quantitative estimate of drug-likeness (QED) is 0.862. The van der Waals surface area contributed by atoms with Crippen LogP contribution in [0.1, 0.15) is 20.3 Å². The maximum Gasteiger partial charge on any atom is 0.222 e. The number of amides is 1. The molecule has 0 unspecified atom stereocenters. The highest BCUT2D eigenvalue weighted by atomic mass is 16.5. The number of carbonyl (C=O) groups excluding carboxylic acids is 1. The number of nitrogens with two attached hydrogens (primary N) is 1. The van der Waals surface area contributed by atoms with Gasteiger partial charge in [0.05, 0.1) is 12.8 Å². The molecule has 0 spiro atoms. The van der Waals surface area contributed by atoms with Crippen molar-refractivity contribution in [3.63, 3.8) is 0 Å². The van der Waals surface area contributed by atoms with Crippen LogP contribution in [0.5, 0.6) is 5.75 Å². The first-order chi connectivity index (χ1) is 10.0. The normalized spacial score (nSPS) is 15.4. The second-order valence-electron chi connectivity index (χ2n) is 5.90. The second kappa shape index (κ2) is 6.70. The minimum Gasteiger partial charge on any atom is -0.495 e. The van der Waals surface area contributed by atoms with Crippen LogP contribution < -0.4 is 15.4 Å². The van der Waals surface area contributed by atoms with E-state index in [0.29, 0.717) is 18.0 Å². The van der Waals surface area contributed by atoms with Gasteiger partial charge in [0, 0.05) is 44.4 Å². The lowest BCUT2D eigenvalue weighted by molar-refractivity contribution is -0.132. The zero-order valence-electron chi connectivity index (χ0n) is 13.1. The molecule has 0 atom stereocenters. The molecule has 2 rings (SSSR count). The Kier molecular flexibility index (Phi) is 4.94. The van der Waals surface area contributed by atoms with E-state index in [9.17, 15) is 4.79 Å². The molecule has 0 bridgehead atoms. The molecule has 116 valence electrons. The fraction of sp³-hybridized carbons (Fsp3) is 0.562. The standard InChI is InChI=1S/C16H25N3O2/c1-12(2)10-16(20)19-8-6-18(7-9-19)14-5-4-13(17)11-15(14)21-3/h4-5,11-12H,6-10,17H2,1-3H3. The number of methoxy groups -OCH3 is 1. The summed E-state index contributed by atoms with van der Waals surface area (Å²) in [7, 11) is 1.65. The van der Waals surface area contributed by atoms with Crippen molar-refractivity contribution < 1.29 is 9.53 Å². The highest BCUT2D eigenvalue weighted by Crippen LogP contribution is 2.31. The minimum absolute atomic E-state index is 0.258. The zero-order chi connectivity index (χ0) is 15.4. The molecule has 0 saturated carbocycles. The van der Waals surface area contributed by atoms with E-state index in [1.807, 2.05) is 23.1 Å². The number of piperazine rings is 1. The Hall–Kier alpha value is -1.91. The van der Waals surface area contributed by atoms with Crippen LogP contribution >= 0.6 is 0 Å². The Morgan fingerprint density at radius 1 is 1.29 bits per heavy atom. The molecule has 1 heterocycles. The number of ether oxygens (including phenoxy) is 1. The maximum absolute atomic E-state index is 12.1. The molecule has 1 amide bonds. The average molecular weight is 291 g/mol. The van der Waals surface area contributed by atoms with Crippen LogP contribution in [-0.2, 0) is 4.79 Å². The van der Waals surface area contributed by atoms with E-state index in [1.165, 1.54) is 0 Å². The lowest BCUT2D eigenvalue weighted by atomic mass is 10.1. The summed E-state index contributed by atoms with van der Waals surface area (Å²) < 4.78 is 5.40. The first kappa shape index (κ1) is 15.5. The molecular formula is C16H25N3O2. The summed E-state index contributed by atoms with van der Waals surface area (Å²) in [6.07, 6.45) is 0.630. The fourth-order valence-electron chi connectivity index (χ4n) is 2.63. The molecule has 0 aromatic heterocycles. The van der Waals surface area contributed by atoms with Crippen LogP contribution in [0, 0.1) is 5.92 Å². The van der Waals surface area contributed by atoms with Crippen molar-refractivity contribution in [2.24, 2.45) is 5.92 Å². The monoisotopic (exact) mass is 291 g/mol. The molecular weight excluding hydrogens is 266 g/mol. The Morgan fingerprint density at radius 2 is 1.95 bits per heavy atom. The van der Waals surface area contributed by atoms with Crippen molar-refractivity contribution in [1.82, 2.24) is 4.90 Å². The van der Waals surface area contributed by atoms with E-state index in [0.717, 1.165) is 37.6 Å². The summed E-state index contributed by atoms with van der Waals surface area (Å²) in [5, 5.41) is 0. The summed E-state index contributed by atoms with van der Waals surface area (Å²) in [6.45, 7) is 7.33. The molecule has 5 nitrogen and oxygen atoms in total. The molecule has 1 aromatic carbocycles. The largest absolute Gasteiger partial charge is 0.495 e. The lowest BCUT2D eigenvalue weighted by Gasteiger charge is -2.37. The number of hydrogen-bond acceptors (Lipinski definition) is 4. The van der Waals surface area contributed by atoms with Crippen molar-refractivity contribution in [3.8, 4) is 5.75 Å². The predicted octanol–water partition coefficient (Wildman–Crippen LogP) is 1.97. The molecule has 2 N–H and O–H groups in total. The SMILES string of the molecule is COc1cc(N)ccc1N1CCN(C(=O)CC(C)C)CC1. The van der Waals surface area contributed by atoms with Crippen molar-refractivity contribution in [2.75, 3.05) is 43.9 Å². The molecule has 0 radical (unpaired) electrons. The number of nitrogens with zero attached hydrogens (tertiary/aromatic N) is 2. The van der Waals surface area contributed by atoms with Gasteiger partial charge in [0.2, 0.25) is 5.91 Å². The van der Waals surface area contributed by atoms with Gasteiger partial charge in [-0.3, -0.25) is 4.79 Å². The van der Waals surface area contributed by atoms with Crippen molar-refractivity contribution in [2.45, 2.75) is 20.3 Å². The topological polar surface area (TPSA) is 58.8 Å². The molecule has 1 fully saturated rings. The summed E-state index contributed by atoms with van der Waals surface area (Å²) in [4.78, 5) is 16.3. The van der Waals surface area contributed by atoms with E-state index in [4.69, 9.17) is 10.5 Å². The summed E-state index contributed by atoms with van der Waals surface area (Å²) in [5.74, 6) is 1.46. The number of nitrogen functional groups attached to an aromatic ring is 1. The number of carbonyl (C=O) groups is 1. The van der Waals surface area contributed by atoms with Gasteiger partial charge in [-0.25, -0.2) is 0 Å². The van der Waals surface area contributed by atoms with Crippen LogP contribution in [0.15, 0.2) is 18.2 Å². The van der Waals surface area contributed by atoms with Gasteiger partial charge >= 0.3 is 0 Å². The molecule has 1 aliphatic rings. The first-order valence-electron chi connectivity index (χ1n) is 7.47. The molecule has 5 heteroatoms. The van der Waals surface area contributed by atoms with Gasteiger partial charge in [0.1, 0.15) is 5.75 Å². The second-order valence-corrected chi connectivity index (χ2v) is 5.90. The third-order valence-electron chi connectivity index (χ3n) is 3.76. The smallest absolute Gasteiger partial charge is 0.222 e. The number of hydrogen-bond donors (Lipinski definition) is 1. The maximum atomic E-state index is 12.1. The average Bonchev–Trinajstić information content (AvgIpc) is 2.46. The van der Waals surface area contributed by atoms with Crippen LogP contribution in [0.25, 0.3) is 0 Å². The third kappa shape index (κ3) is 3.80. The number of benzene rings is 1. The Bertz CT molecular complexity index is 494. The van der Waals surface area contributed by atoms with E-state index < -0.39 is 0 Å². The Labute approximate surface area is 126 Å². The van der Waals surface area contributed by atoms with Gasteiger partial charge in [0.25, 0.3) is 0 Å². The molecule has 1 aromatic rings.